The highest BCUT2D eigenvalue weighted by Gasteiger charge is 2.55. The molecular weight excluding hydrogens is 208 g/mol. The third-order valence-corrected chi connectivity index (χ3v) is 2.97. The van der Waals surface area contributed by atoms with E-state index in [0.29, 0.717) is 11.1 Å². The third kappa shape index (κ3) is 1.84. The summed E-state index contributed by atoms with van der Waals surface area (Å²) in [5.74, 6) is -0.119. The first-order valence-electron chi connectivity index (χ1n) is 5.58. The van der Waals surface area contributed by atoms with Gasteiger partial charge in [0.1, 0.15) is 18.3 Å². The van der Waals surface area contributed by atoms with E-state index in [2.05, 4.69) is 0 Å². The molecule has 0 aromatic heterocycles. The van der Waals surface area contributed by atoms with Crippen molar-refractivity contribution < 1.29 is 19.7 Å². The average molecular weight is 224 g/mol. The summed E-state index contributed by atoms with van der Waals surface area (Å²) in [4.78, 5) is 11.8. The van der Waals surface area contributed by atoms with E-state index in [1.54, 1.807) is 6.08 Å². The first kappa shape index (κ1) is 11.5. The zero-order valence-electron chi connectivity index (χ0n) is 9.22. The number of hydrogen-bond acceptors (Lipinski definition) is 4. The zero-order chi connectivity index (χ0) is 11.7. The highest BCUT2D eigenvalue weighted by Crippen LogP contribution is 2.38. The van der Waals surface area contributed by atoms with Crippen LogP contribution < -0.4 is 0 Å². The summed E-state index contributed by atoms with van der Waals surface area (Å²) in [6.45, 7) is 1.74. The van der Waals surface area contributed by atoms with E-state index in [4.69, 9.17) is 4.74 Å². The van der Waals surface area contributed by atoms with E-state index in [9.17, 15) is 15.0 Å². The second kappa shape index (κ2) is 4.49. The van der Waals surface area contributed by atoms with Crippen LogP contribution in [0.25, 0.3) is 0 Å². The van der Waals surface area contributed by atoms with Gasteiger partial charge in [-0.3, -0.25) is 4.79 Å². The number of carbonyl (C=O) groups is 1. The minimum absolute atomic E-state index is 0.119. The van der Waals surface area contributed by atoms with Crippen LogP contribution in [0.15, 0.2) is 23.3 Å². The number of fused-ring (bicyclic) bond motifs is 1. The summed E-state index contributed by atoms with van der Waals surface area (Å²) in [5.41, 5.74) is 0.804. The number of ether oxygens (including phenoxy) is 1. The highest BCUT2D eigenvalue weighted by molar-refractivity contribution is 6.05. The number of allylic oxidation sites excluding steroid dienone is 2. The van der Waals surface area contributed by atoms with Crippen LogP contribution in [-0.2, 0) is 9.53 Å². The molecule has 1 fully saturated rings. The largest absolute Gasteiger partial charge is 0.392 e. The van der Waals surface area contributed by atoms with Gasteiger partial charge in [0.2, 0.25) is 0 Å². The van der Waals surface area contributed by atoms with Crippen LogP contribution in [0.3, 0.4) is 0 Å². The zero-order valence-corrected chi connectivity index (χ0v) is 9.22. The van der Waals surface area contributed by atoms with Crippen molar-refractivity contribution in [2.45, 2.75) is 38.1 Å². The molecule has 4 heteroatoms. The van der Waals surface area contributed by atoms with Crippen molar-refractivity contribution in [1.29, 1.82) is 0 Å². The molecule has 16 heavy (non-hydrogen) atoms. The molecule has 0 aromatic rings. The number of ketones is 1. The topological polar surface area (TPSA) is 70.1 Å². The fourth-order valence-electron chi connectivity index (χ4n) is 1.98. The lowest BCUT2D eigenvalue weighted by Gasteiger charge is -2.17. The van der Waals surface area contributed by atoms with Gasteiger partial charge in [0.05, 0.1) is 6.61 Å². The second-order valence-electron chi connectivity index (χ2n) is 4.12. The number of hydrogen-bond donors (Lipinski definition) is 2. The smallest absolute Gasteiger partial charge is 0.194 e. The normalized spacial score (nSPS) is 33.4. The molecule has 2 N–H and O–H groups in total. The molecule has 3 atom stereocenters. The Hall–Kier alpha value is -0.970. The summed E-state index contributed by atoms with van der Waals surface area (Å²) >= 11 is 0. The molecule has 4 nitrogen and oxygen atoms in total. The molecule has 1 aliphatic carbocycles. The number of unbranched alkanes of at least 4 members (excludes halogenated alkanes) is 1. The molecular formula is C12H16O4. The third-order valence-electron chi connectivity index (χ3n) is 2.97. The maximum Gasteiger partial charge on any atom is 0.194 e. The predicted molar refractivity (Wildman–Crippen MR) is 57.8 cm³/mol. The first-order valence-corrected chi connectivity index (χ1v) is 5.58. The van der Waals surface area contributed by atoms with Crippen molar-refractivity contribution in [3.8, 4) is 0 Å². The van der Waals surface area contributed by atoms with E-state index in [-0.39, 0.29) is 12.4 Å². The molecule has 88 valence electrons. The van der Waals surface area contributed by atoms with Crippen molar-refractivity contribution in [1.82, 2.24) is 0 Å². The Morgan fingerprint density at radius 2 is 2.25 bits per heavy atom. The van der Waals surface area contributed by atoms with Crippen molar-refractivity contribution >= 4 is 5.78 Å². The highest BCUT2D eigenvalue weighted by atomic mass is 16.6. The van der Waals surface area contributed by atoms with E-state index < -0.39 is 18.3 Å². The van der Waals surface area contributed by atoms with Crippen LogP contribution in [0.4, 0.5) is 0 Å². The number of Topliss-reactive ketones (excluding diaryl/α,β-unsaturated/α-hetero) is 1. The Bertz CT molecular complexity index is 356. The monoisotopic (exact) mass is 224 g/mol. The molecule has 0 saturated carbocycles. The Morgan fingerprint density at radius 1 is 1.50 bits per heavy atom. The van der Waals surface area contributed by atoms with Crippen molar-refractivity contribution in [2.75, 3.05) is 6.61 Å². The van der Waals surface area contributed by atoms with Crippen LogP contribution in [0.2, 0.25) is 0 Å². The van der Waals surface area contributed by atoms with Crippen molar-refractivity contribution in [3.05, 3.63) is 23.3 Å². The molecule has 0 aromatic carbocycles. The number of carbonyl (C=O) groups excluding carboxylic acids is 1. The summed E-state index contributed by atoms with van der Waals surface area (Å²) in [6, 6.07) is 0. The van der Waals surface area contributed by atoms with E-state index in [0.717, 1.165) is 12.8 Å². The van der Waals surface area contributed by atoms with Crippen LogP contribution in [-0.4, -0.2) is 40.9 Å². The Labute approximate surface area is 94.2 Å². The molecule has 2 aliphatic rings. The van der Waals surface area contributed by atoms with Crippen molar-refractivity contribution in [3.63, 3.8) is 0 Å². The van der Waals surface area contributed by atoms with Gasteiger partial charge < -0.3 is 14.9 Å². The molecule has 2 rings (SSSR count). The number of aliphatic hydroxyl groups is 2. The molecule has 0 amide bonds. The van der Waals surface area contributed by atoms with Gasteiger partial charge in [0.15, 0.2) is 5.78 Å². The molecule has 0 bridgehead atoms. The molecule has 1 aliphatic heterocycles. The lowest BCUT2D eigenvalue weighted by atomic mass is 9.88. The summed E-state index contributed by atoms with van der Waals surface area (Å²) in [5, 5.41) is 19.0. The van der Waals surface area contributed by atoms with Gasteiger partial charge in [-0.25, -0.2) is 0 Å². The van der Waals surface area contributed by atoms with Crippen LogP contribution in [0.5, 0.6) is 0 Å². The second-order valence-corrected chi connectivity index (χ2v) is 4.12. The van der Waals surface area contributed by atoms with Gasteiger partial charge in [0.25, 0.3) is 0 Å². The minimum atomic E-state index is -0.839. The van der Waals surface area contributed by atoms with E-state index >= 15 is 0 Å². The molecule has 1 heterocycles. The van der Waals surface area contributed by atoms with Gasteiger partial charge in [-0.1, -0.05) is 25.5 Å². The number of aliphatic hydroxyl groups excluding tert-OH is 2. The van der Waals surface area contributed by atoms with Crippen LogP contribution in [0, 0.1) is 0 Å². The Kier molecular flexibility index (Phi) is 3.23. The fourth-order valence-corrected chi connectivity index (χ4v) is 1.98. The predicted octanol–water partition coefficient (Wildman–Crippen LogP) is 0.343. The maximum absolute atomic E-state index is 11.8. The fraction of sp³-hybridized carbons (Fsp3) is 0.583. The molecule has 0 spiro atoms. The Morgan fingerprint density at radius 3 is 2.88 bits per heavy atom. The first-order chi connectivity index (χ1) is 7.70. The quantitative estimate of drug-likeness (QED) is 0.676. The van der Waals surface area contributed by atoms with Crippen molar-refractivity contribution in [2.24, 2.45) is 0 Å². The number of rotatable bonds is 4. The molecule has 1 saturated heterocycles. The summed E-state index contributed by atoms with van der Waals surface area (Å²) in [7, 11) is 0. The summed E-state index contributed by atoms with van der Waals surface area (Å²) in [6.07, 6.45) is 3.69. The lowest BCUT2D eigenvalue weighted by Crippen LogP contribution is -2.32. The van der Waals surface area contributed by atoms with Gasteiger partial charge in [0, 0.05) is 5.57 Å². The molecule has 0 unspecified atom stereocenters. The standard InChI is InChI=1S/C12H16O4/c1-2-3-4-5-7-8(6-13)10(15)12-11(16-12)9(7)14/h4-5,10-13,15H,2-3,6H2,1H3/b5-4+/t10-,11+,12-/m0/s1. The van der Waals surface area contributed by atoms with Gasteiger partial charge >= 0.3 is 0 Å². The van der Waals surface area contributed by atoms with Crippen LogP contribution >= 0.6 is 0 Å². The van der Waals surface area contributed by atoms with E-state index in [1.807, 2.05) is 13.0 Å². The molecule has 0 radical (unpaired) electrons. The van der Waals surface area contributed by atoms with Gasteiger partial charge in [-0.2, -0.15) is 0 Å². The SMILES string of the molecule is CCC/C=C/C1=C(CO)[C@H](O)[C@@H]2O[C@@H]2C1=O. The van der Waals surface area contributed by atoms with Crippen LogP contribution in [0.1, 0.15) is 19.8 Å². The van der Waals surface area contributed by atoms with E-state index in [1.165, 1.54) is 0 Å². The lowest BCUT2D eigenvalue weighted by molar-refractivity contribution is -0.116. The summed E-state index contributed by atoms with van der Waals surface area (Å²) < 4.78 is 5.08. The maximum atomic E-state index is 11.8. The average Bonchev–Trinajstić information content (AvgIpc) is 3.06. The Balaban J connectivity index is 2.24. The number of epoxide rings is 1. The van der Waals surface area contributed by atoms with Gasteiger partial charge in [-0.15, -0.1) is 0 Å². The van der Waals surface area contributed by atoms with Gasteiger partial charge in [-0.05, 0) is 12.0 Å². The minimum Gasteiger partial charge on any atom is -0.392 e.